The van der Waals surface area contributed by atoms with E-state index >= 15 is 0 Å². The number of halogens is 1. The molecule has 164 valence electrons. The summed E-state index contributed by atoms with van der Waals surface area (Å²) in [6.07, 6.45) is 4.47. The van der Waals surface area contributed by atoms with Gasteiger partial charge in [-0.1, -0.05) is 11.6 Å². The summed E-state index contributed by atoms with van der Waals surface area (Å²) in [5, 5.41) is 8.39. The molecule has 0 aromatic carbocycles. The number of carbonyl (C=O) groups is 3. The summed E-state index contributed by atoms with van der Waals surface area (Å²) in [6.45, 7) is 1.34. The van der Waals surface area contributed by atoms with E-state index in [1.807, 2.05) is 4.90 Å². The minimum Gasteiger partial charge on any atom is -0.370 e. The number of amides is 3. The van der Waals surface area contributed by atoms with E-state index in [4.69, 9.17) is 16.3 Å². The van der Waals surface area contributed by atoms with E-state index < -0.39 is 0 Å². The van der Waals surface area contributed by atoms with Crippen LogP contribution < -0.4 is 10.6 Å². The van der Waals surface area contributed by atoms with E-state index in [0.29, 0.717) is 47.4 Å². The molecule has 3 heterocycles. The first-order valence-electron chi connectivity index (χ1n) is 10.2. The highest BCUT2D eigenvalue weighted by atomic mass is 35.5. The molecular formula is C21H23ClN4O4S. The van der Waals surface area contributed by atoms with Crippen molar-refractivity contribution in [3.05, 3.63) is 40.4 Å². The van der Waals surface area contributed by atoms with Gasteiger partial charge in [0.1, 0.15) is 17.4 Å². The molecule has 2 fully saturated rings. The SMILES string of the molecule is O=C(Nc1ccc(Cl)cn1)c1ccsc1NC(=O)C1CCC(N2CCOCC2=O)CC1. The first-order chi connectivity index (χ1) is 15.0. The Bertz CT molecular complexity index is 957. The first-order valence-corrected chi connectivity index (χ1v) is 11.5. The average Bonchev–Trinajstić information content (AvgIpc) is 3.24. The zero-order chi connectivity index (χ0) is 21.8. The Hall–Kier alpha value is -2.49. The fourth-order valence-corrected chi connectivity index (χ4v) is 4.90. The van der Waals surface area contributed by atoms with Crippen molar-refractivity contribution in [3.63, 3.8) is 0 Å². The van der Waals surface area contributed by atoms with Crippen LogP contribution in [0.4, 0.5) is 10.8 Å². The van der Waals surface area contributed by atoms with E-state index in [1.54, 1.807) is 23.6 Å². The molecule has 1 aliphatic heterocycles. The number of pyridine rings is 1. The topological polar surface area (TPSA) is 101 Å². The highest BCUT2D eigenvalue weighted by molar-refractivity contribution is 7.14. The molecule has 2 aromatic heterocycles. The molecule has 1 saturated carbocycles. The second-order valence-electron chi connectivity index (χ2n) is 7.61. The van der Waals surface area contributed by atoms with E-state index in [9.17, 15) is 14.4 Å². The number of aromatic nitrogens is 1. The van der Waals surface area contributed by atoms with Gasteiger partial charge in [-0.2, -0.15) is 0 Å². The van der Waals surface area contributed by atoms with Crippen molar-refractivity contribution < 1.29 is 19.1 Å². The highest BCUT2D eigenvalue weighted by Crippen LogP contribution is 2.31. The normalized spacial score (nSPS) is 21.6. The van der Waals surface area contributed by atoms with Crippen molar-refractivity contribution in [1.29, 1.82) is 0 Å². The smallest absolute Gasteiger partial charge is 0.259 e. The second kappa shape index (κ2) is 9.76. The Kier molecular flexibility index (Phi) is 6.84. The maximum Gasteiger partial charge on any atom is 0.259 e. The van der Waals surface area contributed by atoms with Gasteiger partial charge in [0.15, 0.2) is 0 Å². The van der Waals surface area contributed by atoms with Crippen LogP contribution in [0, 0.1) is 5.92 Å². The molecule has 10 heteroatoms. The van der Waals surface area contributed by atoms with Gasteiger partial charge in [-0.05, 0) is 49.3 Å². The molecule has 4 rings (SSSR count). The van der Waals surface area contributed by atoms with E-state index in [2.05, 4.69) is 15.6 Å². The number of nitrogens with one attached hydrogen (secondary N) is 2. The molecule has 0 bridgehead atoms. The minimum atomic E-state index is -0.346. The quantitative estimate of drug-likeness (QED) is 0.709. The zero-order valence-corrected chi connectivity index (χ0v) is 18.4. The van der Waals surface area contributed by atoms with Crippen LogP contribution in [0.5, 0.6) is 0 Å². The third kappa shape index (κ3) is 5.23. The van der Waals surface area contributed by atoms with Gasteiger partial charge in [0.05, 0.1) is 17.2 Å². The van der Waals surface area contributed by atoms with E-state index in [1.165, 1.54) is 17.5 Å². The standard InChI is InChI=1S/C21H23ClN4O4S/c22-14-3-6-17(23-11-14)24-20(29)16-7-10-31-21(16)25-19(28)13-1-4-15(5-2-13)26-8-9-30-12-18(26)27/h3,6-7,10-11,13,15H,1-2,4-5,8-9,12H2,(H,25,28)(H,23,24,29). The van der Waals surface area contributed by atoms with E-state index in [-0.39, 0.29) is 36.3 Å². The Balaban J connectivity index is 1.32. The number of ether oxygens (including phenoxy) is 1. The summed E-state index contributed by atoms with van der Waals surface area (Å²) < 4.78 is 5.20. The lowest BCUT2D eigenvalue weighted by atomic mass is 9.84. The van der Waals surface area contributed by atoms with Gasteiger partial charge < -0.3 is 20.3 Å². The molecule has 0 radical (unpaired) electrons. The summed E-state index contributed by atoms with van der Waals surface area (Å²) in [4.78, 5) is 43.4. The van der Waals surface area contributed by atoms with Crippen molar-refractivity contribution in [2.75, 3.05) is 30.4 Å². The molecule has 1 aliphatic carbocycles. The highest BCUT2D eigenvalue weighted by Gasteiger charge is 2.33. The van der Waals surface area contributed by atoms with Crippen LogP contribution in [0.2, 0.25) is 5.02 Å². The maximum absolute atomic E-state index is 12.8. The average molecular weight is 463 g/mol. The lowest BCUT2D eigenvalue weighted by Gasteiger charge is -2.38. The molecule has 1 saturated heterocycles. The summed E-state index contributed by atoms with van der Waals surface area (Å²) in [7, 11) is 0. The Morgan fingerprint density at radius 1 is 1.16 bits per heavy atom. The number of carbonyl (C=O) groups excluding carboxylic acids is 3. The molecule has 0 unspecified atom stereocenters. The van der Waals surface area contributed by atoms with Crippen LogP contribution in [-0.2, 0) is 14.3 Å². The minimum absolute atomic E-state index is 0.0311. The monoisotopic (exact) mass is 462 g/mol. The van der Waals surface area contributed by atoms with Gasteiger partial charge in [-0.15, -0.1) is 11.3 Å². The van der Waals surface area contributed by atoms with Gasteiger partial charge in [-0.3, -0.25) is 14.4 Å². The van der Waals surface area contributed by atoms with Gasteiger partial charge in [0.25, 0.3) is 5.91 Å². The van der Waals surface area contributed by atoms with Gasteiger partial charge in [0, 0.05) is 24.7 Å². The third-order valence-electron chi connectivity index (χ3n) is 5.65. The van der Waals surface area contributed by atoms with Crippen LogP contribution in [0.3, 0.4) is 0 Å². The molecule has 3 amide bonds. The molecule has 2 aliphatic rings. The van der Waals surface area contributed by atoms with Crippen molar-refractivity contribution >= 4 is 51.5 Å². The van der Waals surface area contributed by atoms with Crippen molar-refractivity contribution in [1.82, 2.24) is 9.88 Å². The Morgan fingerprint density at radius 2 is 1.97 bits per heavy atom. The molecule has 8 nitrogen and oxygen atoms in total. The number of rotatable bonds is 5. The summed E-state index contributed by atoms with van der Waals surface area (Å²) in [5.74, 6) is -0.158. The molecular weight excluding hydrogens is 440 g/mol. The number of nitrogens with zero attached hydrogens (tertiary/aromatic N) is 2. The van der Waals surface area contributed by atoms with Crippen molar-refractivity contribution in [3.8, 4) is 0 Å². The maximum atomic E-state index is 12.8. The lowest BCUT2D eigenvalue weighted by molar-refractivity contribution is -0.146. The molecule has 2 N–H and O–H groups in total. The molecule has 31 heavy (non-hydrogen) atoms. The van der Waals surface area contributed by atoms with Crippen molar-refractivity contribution in [2.45, 2.75) is 31.7 Å². The Morgan fingerprint density at radius 3 is 2.68 bits per heavy atom. The number of thiophene rings is 1. The lowest BCUT2D eigenvalue weighted by Crippen LogP contribution is -2.49. The summed E-state index contributed by atoms with van der Waals surface area (Å²) in [6, 6.07) is 5.10. The zero-order valence-electron chi connectivity index (χ0n) is 16.8. The van der Waals surface area contributed by atoms with Crippen LogP contribution in [0.25, 0.3) is 0 Å². The van der Waals surface area contributed by atoms with Crippen LogP contribution in [-0.4, -0.2) is 53.4 Å². The number of anilines is 2. The largest absolute Gasteiger partial charge is 0.370 e. The predicted molar refractivity (Wildman–Crippen MR) is 118 cm³/mol. The number of hydrogen-bond donors (Lipinski definition) is 2. The van der Waals surface area contributed by atoms with Crippen LogP contribution in [0.1, 0.15) is 36.0 Å². The number of hydrogen-bond acceptors (Lipinski definition) is 6. The fourth-order valence-electron chi connectivity index (χ4n) is 4.00. The second-order valence-corrected chi connectivity index (χ2v) is 8.97. The number of morpholine rings is 1. The van der Waals surface area contributed by atoms with Crippen LogP contribution >= 0.6 is 22.9 Å². The fraction of sp³-hybridized carbons (Fsp3) is 0.429. The van der Waals surface area contributed by atoms with Crippen LogP contribution in [0.15, 0.2) is 29.8 Å². The van der Waals surface area contributed by atoms with Crippen molar-refractivity contribution in [2.24, 2.45) is 5.92 Å². The summed E-state index contributed by atoms with van der Waals surface area (Å²) in [5.41, 5.74) is 0.391. The molecule has 0 spiro atoms. The van der Waals surface area contributed by atoms with Gasteiger partial charge in [-0.25, -0.2) is 4.98 Å². The third-order valence-corrected chi connectivity index (χ3v) is 6.70. The van der Waals surface area contributed by atoms with Gasteiger partial charge in [0.2, 0.25) is 11.8 Å². The van der Waals surface area contributed by atoms with E-state index in [0.717, 1.165) is 12.8 Å². The first kappa shape index (κ1) is 21.7. The van der Waals surface area contributed by atoms with Gasteiger partial charge >= 0.3 is 0 Å². The summed E-state index contributed by atoms with van der Waals surface area (Å²) >= 11 is 7.12. The molecule has 0 atom stereocenters. The predicted octanol–water partition coefficient (Wildman–Crippen LogP) is 3.40. The molecule has 2 aromatic rings. The Labute approximate surface area is 188 Å².